The van der Waals surface area contributed by atoms with Crippen LogP contribution in [0.5, 0.6) is 0 Å². The molecule has 1 aromatic heterocycles. The van der Waals surface area contributed by atoms with Gasteiger partial charge in [-0.1, -0.05) is 19.1 Å². The molecule has 1 atom stereocenters. The average Bonchev–Trinajstić information content (AvgIpc) is 2.68. The molecular formula is C21H26N4O2. The second-order valence-corrected chi connectivity index (χ2v) is 6.99. The molecule has 0 aliphatic carbocycles. The molecule has 27 heavy (non-hydrogen) atoms. The Morgan fingerprint density at radius 3 is 2.93 bits per heavy atom. The second kappa shape index (κ2) is 8.75. The van der Waals surface area contributed by atoms with Gasteiger partial charge in [0.15, 0.2) is 0 Å². The number of benzene rings is 1. The maximum atomic E-state index is 12.7. The van der Waals surface area contributed by atoms with Crippen LogP contribution < -0.4 is 5.32 Å². The summed E-state index contributed by atoms with van der Waals surface area (Å²) >= 11 is 0. The molecule has 2 heterocycles. The molecule has 1 aromatic carbocycles. The minimum atomic E-state index is -0.162. The third-order valence-electron chi connectivity index (χ3n) is 4.81. The van der Waals surface area contributed by atoms with E-state index in [1.165, 1.54) is 0 Å². The number of hydrogen-bond acceptors (Lipinski definition) is 4. The van der Waals surface area contributed by atoms with E-state index in [1.54, 1.807) is 6.20 Å². The van der Waals surface area contributed by atoms with E-state index in [2.05, 4.69) is 15.3 Å². The quantitative estimate of drug-likeness (QED) is 0.880. The molecule has 1 fully saturated rings. The fraction of sp³-hybridized carbons (Fsp3) is 0.429. The van der Waals surface area contributed by atoms with Gasteiger partial charge < -0.3 is 10.2 Å². The van der Waals surface area contributed by atoms with Crippen molar-refractivity contribution in [2.45, 2.75) is 39.5 Å². The normalized spacial score (nSPS) is 16.8. The van der Waals surface area contributed by atoms with Crippen molar-refractivity contribution in [3.05, 3.63) is 42.4 Å². The van der Waals surface area contributed by atoms with Crippen molar-refractivity contribution in [2.75, 3.05) is 18.4 Å². The first-order chi connectivity index (χ1) is 13.1. The molecule has 6 heteroatoms. The number of piperidine rings is 1. The number of rotatable bonds is 5. The zero-order chi connectivity index (χ0) is 19.2. The maximum Gasteiger partial charge on any atom is 0.229 e. The summed E-state index contributed by atoms with van der Waals surface area (Å²) in [6.07, 6.45) is 4.80. The van der Waals surface area contributed by atoms with Crippen LogP contribution in [-0.4, -0.2) is 39.8 Å². The summed E-state index contributed by atoms with van der Waals surface area (Å²) < 4.78 is 0. The highest BCUT2D eigenvalue weighted by atomic mass is 16.2. The number of hydrogen-bond donors (Lipinski definition) is 1. The van der Waals surface area contributed by atoms with Crippen LogP contribution >= 0.6 is 0 Å². The van der Waals surface area contributed by atoms with E-state index in [9.17, 15) is 9.59 Å². The first kappa shape index (κ1) is 19.0. The van der Waals surface area contributed by atoms with E-state index in [-0.39, 0.29) is 17.7 Å². The van der Waals surface area contributed by atoms with Crippen LogP contribution in [0.3, 0.4) is 0 Å². The molecule has 0 radical (unpaired) electrons. The highest BCUT2D eigenvalue weighted by Gasteiger charge is 2.28. The van der Waals surface area contributed by atoms with Crippen molar-refractivity contribution in [1.82, 2.24) is 14.9 Å². The molecule has 0 bridgehead atoms. The number of nitrogens with one attached hydrogen (secondary N) is 1. The van der Waals surface area contributed by atoms with Crippen LogP contribution in [0.15, 0.2) is 36.5 Å². The van der Waals surface area contributed by atoms with Gasteiger partial charge in [-0.2, -0.15) is 0 Å². The van der Waals surface area contributed by atoms with Crippen LogP contribution in [0.25, 0.3) is 11.3 Å². The third kappa shape index (κ3) is 4.90. The third-order valence-corrected chi connectivity index (χ3v) is 4.81. The summed E-state index contributed by atoms with van der Waals surface area (Å²) in [6, 6.07) is 9.51. The molecule has 3 rings (SSSR count). The van der Waals surface area contributed by atoms with Crippen molar-refractivity contribution in [1.29, 1.82) is 0 Å². The average molecular weight is 366 g/mol. The molecule has 1 saturated heterocycles. The van der Waals surface area contributed by atoms with E-state index >= 15 is 0 Å². The van der Waals surface area contributed by atoms with Crippen molar-refractivity contribution >= 4 is 17.5 Å². The van der Waals surface area contributed by atoms with Gasteiger partial charge in [0.2, 0.25) is 11.8 Å². The Morgan fingerprint density at radius 2 is 2.15 bits per heavy atom. The molecule has 0 spiro atoms. The van der Waals surface area contributed by atoms with E-state index in [4.69, 9.17) is 0 Å². The molecular weight excluding hydrogens is 340 g/mol. The van der Waals surface area contributed by atoms with Gasteiger partial charge in [-0.25, -0.2) is 9.97 Å². The van der Waals surface area contributed by atoms with E-state index in [0.29, 0.717) is 18.8 Å². The monoisotopic (exact) mass is 366 g/mol. The molecule has 0 unspecified atom stereocenters. The van der Waals surface area contributed by atoms with Crippen molar-refractivity contribution < 1.29 is 9.59 Å². The molecule has 1 N–H and O–H groups in total. The Hall–Kier alpha value is -2.76. The van der Waals surface area contributed by atoms with Crippen molar-refractivity contribution in [3.63, 3.8) is 0 Å². The van der Waals surface area contributed by atoms with E-state index in [0.717, 1.165) is 42.8 Å². The van der Waals surface area contributed by atoms with E-state index < -0.39 is 0 Å². The first-order valence-corrected chi connectivity index (χ1v) is 9.55. The number of aryl methyl sites for hydroxylation is 1. The Bertz CT molecular complexity index is 821. The highest BCUT2D eigenvalue weighted by Crippen LogP contribution is 2.23. The second-order valence-electron chi connectivity index (χ2n) is 6.99. The van der Waals surface area contributed by atoms with Gasteiger partial charge in [-0.3, -0.25) is 9.59 Å². The van der Waals surface area contributed by atoms with Gasteiger partial charge in [0.05, 0.1) is 11.6 Å². The fourth-order valence-electron chi connectivity index (χ4n) is 3.41. The van der Waals surface area contributed by atoms with Gasteiger partial charge in [0, 0.05) is 37.0 Å². The van der Waals surface area contributed by atoms with Gasteiger partial charge >= 0.3 is 0 Å². The predicted octanol–water partition coefficient (Wildman–Crippen LogP) is 3.43. The van der Waals surface area contributed by atoms with Crippen LogP contribution in [0, 0.1) is 12.8 Å². The van der Waals surface area contributed by atoms with Crippen LogP contribution in [-0.2, 0) is 9.59 Å². The zero-order valence-corrected chi connectivity index (χ0v) is 15.9. The Kier molecular flexibility index (Phi) is 6.16. The van der Waals surface area contributed by atoms with E-state index in [1.807, 2.05) is 49.1 Å². The minimum absolute atomic E-state index is 0.0278. The molecule has 2 amide bonds. The van der Waals surface area contributed by atoms with Gasteiger partial charge in [0.25, 0.3) is 0 Å². The lowest BCUT2D eigenvalue weighted by Gasteiger charge is -2.32. The lowest BCUT2D eigenvalue weighted by atomic mass is 9.96. The number of carbonyl (C=O) groups excluding carboxylic acids is 2. The van der Waals surface area contributed by atoms with Crippen LogP contribution in [0.1, 0.15) is 38.4 Å². The van der Waals surface area contributed by atoms with Gasteiger partial charge in [0.1, 0.15) is 5.82 Å². The van der Waals surface area contributed by atoms with Crippen LogP contribution in [0.4, 0.5) is 5.69 Å². The standard InChI is InChI=1S/C21H26N4O2/c1-3-6-20(26)25-12-5-8-17(14-25)21(27)24-18-9-4-7-16(13-18)19-10-11-22-15(2)23-19/h4,7,9-11,13,17H,3,5-6,8,12,14H2,1-2H3,(H,24,27)/t17-/m0/s1. The Labute approximate surface area is 160 Å². The maximum absolute atomic E-state index is 12.7. The fourth-order valence-corrected chi connectivity index (χ4v) is 3.41. The van der Waals surface area contributed by atoms with Gasteiger partial charge in [-0.05, 0) is 44.4 Å². The lowest BCUT2D eigenvalue weighted by Crippen LogP contribution is -2.43. The Morgan fingerprint density at radius 1 is 1.30 bits per heavy atom. The Balaban J connectivity index is 1.67. The van der Waals surface area contributed by atoms with Gasteiger partial charge in [-0.15, -0.1) is 0 Å². The summed E-state index contributed by atoms with van der Waals surface area (Å²) in [5.41, 5.74) is 2.50. The summed E-state index contributed by atoms with van der Waals surface area (Å²) in [6.45, 7) is 5.11. The number of anilines is 1. The number of nitrogens with zero attached hydrogens (tertiary/aromatic N) is 3. The zero-order valence-electron chi connectivity index (χ0n) is 15.9. The molecule has 1 aliphatic rings. The molecule has 6 nitrogen and oxygen atoms in total. The highest BCUT2D eigenvalue weighted by molar-refractivity contribution is 5.93. The SMILES string of the molecule is CCCC(=O)N1CCC[C@H](C(=O)Nc2cccc(-c3ccnc(C)n3)c2)C1. The number of aromatic nitrogens is 2. The number of amides is 2. The lowest BCUT2D eigenvalue weighted by molar-refractivity contribution is -0.134. The topological polar surface area (TPSA) is 75.2 Å². The smallest absolute Gasteiger partial charge is 0.229 e. The predicted molar refractivity (Wildman–Crippen MR) is 105 cm³/mol. The minimum Gasteiger partial charge on any atom is -0.342 e. The molecule has 142 valence electrons. The number of likely N-dealkylation sites (tertiary alicyclic amines) is 1. The molecule has 0 saturated carbocycles. The van der Waals surface area contributed by atoms with Crippen molar-refractivity contribution in [2.24, 2.45) is 5.92 Å². The first-order valence-electron chi connectivity index (χ1n) is 9.55. The van der Waals surface area contributed by atoms with Crippen molar-refractivity contribution in [3.8, 4) is 11.3 Å². The summed E-state index contributed by atoms with van der Waals surface area (Å²) in [5, 5.41) is 3.01. The number of carbonyl (C=O) groups is 2. The summed E-state index contributed by atoms with van der Waals surface area (Å²) in [5.74, 6) is 0.668. The summed E-state index contributed by atoms with van der Waals surface area (Å²) in [4.78, 5) is 35.2. The van der Waals surface area contributed by atoms with Crippen LogP contribution in [0.2, 0.25) is 0 Å². The summed E-state index contributed by atoms with van der Waals surface area (Å²) in [7, 11) is 0. The molecule has 2 aromatic rings. The largest absolute Gasteiger partial charge is 0.342 e. The molecule has 1 aliphatic heterocycles.